The zero-order chi connectivity index (χ0) is 38.9. The third kappa shape index (κ3) is 3.16. The lowest BCUT2D eigenvalue weighted by Gasteiger charge is -2.20. The number of benzene rings is 5. The van der Waals surface area contributed by atoms with Crippen LogP contribution in [0.4, 0.5) is 0 Å². The summed E-state index contributed by atoms with van der Waals surface area (Å²) in [4.78, 5) is 0. The van der Waals surface area contributed by atoms with Crippen LogP contribution in [0.15, 0.2) is 125 Å². The maximum absolute atomic E-state index is 9.26. The van der Waals surface area contributed by atoms with Crippen LogP contribution < -0.4 is 0 Å². The highest BCUT2D eigenvalue weighted by molar-refractivity contribution is 6.22. The summed E-state index contributed by atoms with van der Waals surface area (Å²) in [5.41, 5.74) is -1.64. The summed E-state index contributed by atoms with van der Waals surface area (Å²) in [6, 6.07) is -5.51. The minimum Gasteiger partial charge on any atom is -0.455 e. The summed E-state index contributed by atoms with van der Waals surface area (Å²) in [7, 11) is 0. The van der Waals surface area contributed by atoms with Gasteiger partial charge >= 0.3 is 0 Å². The summed E-state index contributed by atoms with van der Waals surface area (Å²) in [6.07, 6.45) is -3.55. The number of hydrogen-bond donors (Lipinski definition) is 0. The van der Waals surface area contributed by atoms with E-state index in [1.807, 2.05) is 0 Å². The van der Waals surface area contributed by atoms with Crippen molar-refractivity contribution in [1.82, 2.24) is 0 Å². The molecule has 0 saturated heterocycles. The summed E-state index contributed by atoms with van der Waals surface area (Å²) < 4.78 is 163. The summed E-state index contributed by atoms with van der Waals surface area (Å²) in [5.74, 6) is -0.365. The van der Waals surface area contributed by atoms with E-state index in [9.17, 15) is 5.48 Å². The Morgan fingerprint density at radius 2 is 1.29 bits per heavy atom. The number of allylic oxidation sites excluding steroid dienone is 4. The van der Waals surface area contributed by atoms with E-state index < -0.39 is 137 Å². The molecule has 0 radical (unpaired) electrons. The van der Waals surface area contributed by atoms with Crippen molar-refractivity contribution >= 4 is 38.1 Å². The van der Waals surface area contributed by atoms with Gasteiger partial charge in [-0.2, -0.15) is 0 Å². The summed E-state index contributed by atoms with van der Waals surface area (Å²) >= 11 is 0. The minimum atomic E-state index is -1.81. The zero-order valence-electron chi connectivity index (χ0n) is 35.9. The summed E-state index contributed by atoms with van der Waals surface area (Å²) in [6.45, 7) is 0. The molecule has 5 aromatic carbocycles. The lowest BCUT2D eigenvalue weighted by atomic mass is 9.83. The lowest BCUT2D eigenvalue weighted by Crippen LogP contribution is -1.95. The van der Waals surface area contributed by atoms with E-state index in [1.54, 1.807) is 12.1 Å². The topological polar surface area (TPSA) is 13.1 Å². The molecule has 2 atom stereocenters. The fraction of sp³-hybridized carbons (Fsp3) is 0.0588. The van der Waals surface area contributed by atoms with Crippen LogP contribution in [-0.2, 0) is 0 Å². The minimum absolute atomic E-state index is 0.0926. The van der Waals surface area contributed by atoms with Crippen LogP contribution in [0, 0.1) is 0 Å². The van der Waals surface area contributed by atoms with Crippen molar-refractivity contribution < 1.29 is 29.1 Å². The molecule has 6 aromatic rings. The van der Waals surface area contributed by atoms with E-state index in [2.05, 4.69) is 0 Å². The van der Waals surface area contributed by atoms with Gasteiger partial charge in [-0.3, -0.25) is 0 Å². The van der Waals surface area contributed by atoms with Crippen molar-refractivity contribution in [3.63, 3.8) is 0 Å². The highest BCUT2D eigenvalue weighted by Gasteiger charge is 2.24. The molecule has 1 nitrogen and oxygen atoms in total. The first-order valence-corrected chi connectivity index (χ1v) is 10.6. The van der Waals surface area contributed by atoms with Crippen LogP contribution in [0.5, 0.6) is 0 Å². The van der Waals surface area contributed by atoms with Crippen LogP contribution in [0.25, 0.3) is 60.5 Å². The quantitative estimate of drug-likeness (QED) is 0.237. The number of rotatable bonds is 3. The SMILES string of the molecule is [2H]C1=C([2H])C([2H])C([2H])C(c2c3c([2H])c([2H])c([2H])c([2H])c3c(-c3c(-c4c([2H])c([2H])c([2H])c([2H])c4[2H])oc4ccccc34)c3c([2H])c([2H])c([2H])c([2H])c23)=C1[2H]. The fourth-order valence-corrected chi connectivity index (χ4v) is 4.44. The van der Waals surface area contributed by atoms with E-state index in [4.69, 9.17) is 23.6 Å². The molecule has 0 N–H and O–H groups in total. The maximum Gasteiger partial charge on any atom is 0.143 e. The van der Waals surface area contributed by atoms with Gasteiger partial charge in [0.1, 0.15) is 11.3 Å². The van der Waals surface area contributed by atoms with Crippen LogP contribution in [0.3, 0.4) is 0 Å². The van der Waals surface area contributed by atoms with E-state index in [-0.39, 0.29) is 38.6 Å². The molecule has 35 heavy (non-hydrogen) atoms. The van der Waals surface area contributed by atoms with Gasteiger partial charge in [0.25, 0.3) is 0 Å². The van der Waals surface area contributed by atoms with Crippen molar-refractivity contribution in [1.29, 1.82) is 0 Å². The number of fused-ring (bicyclic) bond motifs is 3. The Hall–Kier alpha value is -4.36. The van der Waals surface area contributed by atoms with Crippen molar-refractivity contribution in [3.8, 4) is 22.5 Å². The molecule has 1 heteroatoms. The van der Waals surface area contributed by atoms with Crippen molar-refractivity contribution in [2.45, 2.75) is 12.8 Å². The van der Waals surface area contributed by atoms with Gasteiger partial charge in [-0.1, -0.05) is 115 Å². The number of para-hydroxylation sites is 1. The van der Waals surface area contributed by atoms with Gasteiger partial charge in [0.05, 0.1) is 21.9 Å². The van der Waals surface area contributed by atoms with E-state index in [0.717, 1.165) is 0 Å². The maximum atomic E-state index is 9.26. The monoisotopic (exact) mass is 466 g/mol. The highest BCUT2D eigenvalue weighted by Crippen LogP contribution is 2.48. The summed E-state index contributed by atoms with van der Waals surface area (Å²) in [5, 5.41) is -1.44. The average molecular weight is 467 g/mol. The normalized spacial score (nSPS) is 25.8. The number of furan rings is 1. The average Bonchev–Trinajstić information content (AvgIpc) is 3.52. The van der Waals surface area contributed by atoms with Gasteiger partial charge in [-0.05, 0) is 51.5 Å². The Kier molecular flexibility index (Phi) is 2.10. The zero-order valence-corrected chi connectivity index (χ0v) is 17.9. The van der Waals surface area contributed by atoms with Crippen LogP contribution in [0.2, 0.25) is 0 Å². The van der Waals surface area contributed by atoms with E-state index in [1.165, 1.54) is 12.1 Å². The molecule has 0 amide bonds. The molecule has 0 bridgehead atoms. The standard InChI is InChI=1S/C34H24O/c1-3-13-23(14-4-1)31-25-17-7-9-19-27(25)32(28-20-10-8-18-26(28)31)33-29-21-11-12-22-30(29)35-34(33)24-15-5-2-6-16-24/h1-3,5-13,15-22H,4,14H2/i1D,2D,3D,4D,5D,6D,7D,8D,9D,10D,13D,14D,15D,16D,17D,18D,19D,20D. The molecule has 0 aliphatic heterocycles. The molecule has 7 rings (SSSR count). The molecule has 0 fully saturated rings. The molecule has 166 valence electrons. The van der Waals surface area contributed by atoms with Gasteiger partial charge < -0.3 is 4.42 Å². The molecule has 1 aromatic heterocycles. The first-order valence-electron chi connectivity index (χ1n) is 19.8. The van der Waals surface area contributed by atoms with Crippen molar-refractivity contribution in [3.05, 3.63) is 127 Å². The Labute approximate surface area is 229 Å². The highest BCUT2D eigenvalue weighted by atomic mass is 16.3. The molecule has 1 aliphatic carbocycles. The van der Waals surface area contributed by atoms with Gasteiger partial charge in [-0.15, -0.1) is 0 Å². The largest absolute Gasteiger partial charge is 0.455 e. The molecule has 1 aliphatic rings. The molecular weight excluding hydrogens is 424 g/mol. The molecule has 2 unspecified atom stereocenters. The first-order chi connectivity index (χ1) is 24.9. The third-order valence-electron chi connectivity index (χ3n) is 5.82. The Balaban J connectivity index is 1.89. The molecular formula is C34H24O. The van der Waals surface area contributed by atoms with E-state index >= 15 is 0 Å². The first kappa shape index (κ1) is 9.02. The molecule has 0 spiro atoms. The van der Waals surface area contributed by atoms with Gasteiger partial charge in [0.2, 0.25) is 0 Å². The van der Waals surface area contributed by atoms with Crippen molar-refractivity contribution in [2.75, 3.05) is 0 Å². The van der Waals surface area contributed by atoms with Gasteiger partial charge in [0, 0.05) is 24.8 Å². The van der Waals surface area contributed by atoms with Crippen LogP contribution in [-0.4, -0.2) is 0 Å². The Morgan fingerprint density at radius 1 is 0.657 bits per heavy atom. The van der Waals surface area contributed by atoms with Gasteiger partial charge in [-0.25, -0.2) is 0 Å². The lowest BCUT2D eigenvalue weighted by molar-refractivity contribution is 0.632. The second-order valence-corrected chi connectivity index (χ2v) is 7.69. The van der Waals surface area contributed by atoms with Crippen LogP contribution >= 0.6 is 0 Å². The smallest absolute Gasteiger partial charge is 0.143 e. The van der Waals surface area contributed by atoms with Crippen LogP contribution in [0.1, 0.15) is 43.0 Å². The Morgan fingerprint density at radius 3 is 2.00 bits per heavy atom. The predicted octanol–water partition coefficient (Wildman–Crippen LogP) is 9.81. The molecule has 0 saturated carbocycles. The van der Waals surface area contributed by atoms with Gasteiger partial charge in [0.15, 0.2) is 0 Å². The molecule has 1 heterocycles. The van der Waals surface area contributed by atoms with E-state index in [0.29, 0.717) is 0 Å². The Bertz CT molecular complexity index is 2620. The number of hydrogen-bond acceptors (Lipinski definition) is 1. The third-order valence-corrected chi connectivity index (χ3v) is 5.82. The second-order valence-electron chi connectivity index (χ2n) is 7.69. The fourth-order valence-electron chi connectivity index (χ4n) is 4.44. The van der Waals surface area contributed by atoms with Crippen molar-refractivity contribution in [2.24, 2.45) is 0 Å². The second kappa shape index (κ2) is 8.14. The predicted molar refractivity (Wildman–Crippen MR) is 148 cm³/mol.